The Hall–Kier alpha value is -0.910. The standard InChI is InChI=1S/C14H12Br2N2S/c1-8-2-5-11(16)13(6-8)18-12-7-9(15)3-4-10(12)14(17)19/h2-7,18H,1H3,(H2,17,19). The van der Waals surface area contributed by atoms with Crippen LogP contribution in [-0.4, -0.2) is 4.99 Å². The quantitative estimate of drug-likeness (QED) is 0.721. The molecule has 0 fully saturated rings. The first kappa shape index (κ1) is 14.5. The number of nitrogens with one attached hydrogen (secondary N) is 1. The van der Waals surface area contributed by atoms with Crippen LogP contribution in [0.25, 0.3) is 0 Å². The summed E-state index contributed by atoms with van der Waals surface area (Å²) < 4.78 is 1.96. The molecule has 2 aromatic rings. The van der Waals surface area contributed by atoms with Gasteiger partial charge in [0.2, 0.25) is 0 Å². The van der Waals surface area contributed by atoms with Crippen molar-refractivity contribution in [1.82, 2.24) is 0 Å². The zero-order valence-corrected chi connectivity index (χ0v) is 14.2. The van der Waals surface area contributed by atoms with Crippen LogP contribution in [-0.2, 0) is 0 Å². The van der Waals surface area contributed by atoms with E-state index in [1.54, 1.807) is 0 Å². The van der Waals surface area contributed by atoms with Crippen LogP contribution < -0.4 is 11.1 Å². The molecule has 98 valence electrons. The van der Waals surface area contributed by atoms with E-state index in [4.69, 9.17) is 18.0 Å². The van der Waals surface area contributed by atoms with Gasteiger partial charge in [0.1, 0.15) is 4.99 Å². The van der Waals surface area contributed by atoms with Gasteiger partial charge in [0, 0.05) is 20.2 Å². The molecule has 5 heteroatoms. The van der Waals surface area contributed by atoms with Crippen molar-refractivity contribution >= 4 is 60.4 Å². The molecule has 0 saturated carbocycles. The molecule has 0 heterocycles. The van der Waals surface area contributed by atoms with E-state index in [0.29, 0.717) is 4.99 Å². The fourth-order valence-electron chi connectivity index (χ4n) is 1.71. The van der Waals surface area contributed by atoms with Crippen molar-refractivity contribution in [2.45, 2.75) is 6.92 Å². The first-order chi connectivity index (χ1) is 8.97. The first-order valence-electron chi connectivity index (χ1n) is 5.60. The highest BCUT2D eigenvalue weighted by Gasteiger charge is 2.08. The zero-order chi connectivity index (χ0) is 14.0. The Kier molecular flexibility index (Phi) is 4.60. The second-order valence-corrected chi connectivity index (χ2v) is 6.37. The summed E-state index contributed by atoms with van der Waals surface area (Å²) in [5.74, 6) is 0. The van der Waals surface area contributed by atoms with Crippen molar-refractivity contribution in [2.75, 3.05) is 5.32 Å². The monoisotopic (exact) mass is 398 g/mol. The van der Waals surface area contributed by atoms with Gasteiger partial charge in [-0.2, -0.15) is 0 Å². The second-order valence-electron chi connectivity index (χ2n) is 4.16. The minimum atomic E-state index is 0.374. The average molecular weight is 400 g/mol. The third-order valence-corrected chi connectivity index (χ3v) is 4.04. The Balaban J connectivity index is 2.45. The summed E-state index contributed by atoms with van der Waals surface area (Å²) in [6.45, 7) is 2.05. The summed E-state index contributed by atoms with van der Waals surface area (Å²) >= 11 is 12.1. The number of rotatable bonds is 3. The molecule has 0 spiro atoms. The number of thiocarbonyl (C=S) groups is 1. The maximum atomic E-state index is 5.75. The highest BCUT2D eigenvalue weighted by Crippen LogP contribution is 2.30. The lowest BCUT2D eigenvalue weighted by Gasteiger charge is -2.13. The molecule has 2 rings (SSSR count). The molecule has 0 aliphatic rings. The number of aryl methyl sites for hydroxylation is 1. The lowest BCUT2D eigenvalue weighted by Crippen LogP contribution is -2.12. The zero-order valence-electron chi connectivity index (χ0n) is 10.2. The SMILES string of the molecule is Cc1ccc(Br)c(Nc2cc(Br)ccc2C(N)=S)c1. The summed E-state index contributed by atoms with van der Waals surface area (Å²) in [7, 11) is 0. The number of halogens is 2. The average Bonchev–Trinajstić information content (AvgIpc) is 2.33. The van der Waals surface area contributed by atoms with Crippen LogP contribution in [0.5, 0.6) is 0 Å². The van der Waals surface area contributed by atoms with Gasteiger partial charge >= 0.3 is 0 Å². The summed E-state index contributed by atoms with van der Waals surface area (Å²) in [6.07, 6.45) is 0. The van der Waals surface area contributed by atoms with Crippen molar-refractivity contribution in [3.05, 3.63) is 56.5 Å². The Morgan fingerprint density at radius 3 is 2.53 bits per heavy atom. The van der Waals surface area contributed by atoms with Crippen LogP contribution in [0, 0.1) is 6.92 Å². The van der Waals surface area contributed by atoms with Crippen LogP contribution >= 0.6 is 44.1 Å². The summed E-state index contributed by atoms with van der Waals surface area (Å²) in [5, 5.41) is 3.36. The molecule has 19 heavy (non-hydrogen) atoms. The molecule has 0 bridgehead atoms. The van der Waals surface area contributed by atoms with Gasteiger partial charge in [-0.05, 0) is 58.7 Å². The van der Waals surface area contributed by atoms with Gasteiger partial charge in [0.05, 0.1) is 5.69 Å². The van der Waals surface area contributed by atoms with E-state index in [1.807, 2.05) is 37.3 Å². The molecule has 0 amide bonds. The van der Waals surface area contributed by atoms with Crippen LogP contribution in [0.3, 0.4) is 0 Å². The molecular formula is C14H12Br2N2S. The molecule has 0 aliphatic heterocycles. The van der Waals surface area contributed by atoms with Crippen LogP contribution in [0.15, 0.2) is 45.3 Å². The van der Waals surface area contributed by atoms with Gasteiger partial charge in [-0.1, -0.05) is 34.2 Å². The van der Waals surface area contributed by atoms with E-state index in [0.717, 1.165) is 25.9 Å². The molecule has 2 nitrogen and oxygen atoms in total. The molecule has 0 unspecified atom stereocenters. The van der Waals surface area contributed by atoms with E-state index in [-0.39, 0.29) is 0 Å². The van der Waals surface area contributed by atoms with Crippen molar-refractivity contribution in [3.63, 3.8) is 0 Å². The van der Waals surface area contributed by atoms with Gasteiger partial charge < -0.3 is 11.1 Å². The first-order valence-corrected chi connectivity index (χ1v) is 7.59. The molecule has 0 radical (unpaired) electrons. The number of nitrogens with two attached hydrogens (primary N) is 1. The Bertz CT molecular complexity index is 641. The van der Waals surface area contributed by atoms with Crippen molar-refractivity contribution in [1.29, 1.82) is 0 Å². The van der Waals surface area contributed by atoms with E-state index in [2.05, 4.69) is 43.2 Å². The van der Waals surface area contributed by atoms with Crippen LogP contribution in [0.1, 0.15) is 11.1 Å². The normalized spacial score (nSPS) is 10.3. The highest BCUT2D eigenvalue weighted by molar-refractivity contribution is 9.10. The number of benzene rings is 2. The molecule has 0 atom stereocenters. The molecular weight excluding hydrogens is 388 g/mol. The van der Waals surface area contributed by atoms with E-state index in [9.17, 15) is 0 Å². The molecule has 0 aromatic heterocycles. The van der Waals surface area contributed by atoms with Gasteiger partial charge in [-0.3, -0.25) is 0 Å². The minimum Gasteiger partial charge on any atom is -0.389 e. The van der Waals surface area contributed by atoms with Gasteiger partial charge in [-0.25, -0.2) is 0 Å². The lowest BCUT2D eigenvalue weighted by molar-refractivity contribution is 1.42. The largest absolute Gasteiger partial charge is 0.389 e. The van der Waals surface area contributed by atoms with Crippen molar-refractivity contribution < 1.29 is 0 Å². The number of anilines is 2. The van der Waals surface area contributed by atoms with Gasteiger partial charge in [0.25, 0.3) is 0 Å². The smallest absolute Gasteiger partial charge is 0.106 e. The predicted molar refractivity (Wildman–Crippen MR) is 92.2 cm³/mol. The molecule has 3 N–H and O–H groups in total. The van der Waals surface area contributed by atoms with E-state index >= 15 is 0 Å². The lowest BCUT2D eigenvalue weighted by atomic mass is 10.1. The van der Waals surface area contributed by atoms with Gasteiger partial charge in [-0.15, -0.1) is 0 Å². The second kappa shape index (κ2) is 6.03. The Morgan fingerprint density at radius 2 is 1.84 bits per heavy atom. The summed E-state index contributed by atoms with van der Waals surface area (Å²) in [6, 6.07) is 11.9. The summed E-state index contributed by atoms with van der Waals surface area (Å²) in [5.41, 5.74) is 9.62. The highest BCUT2D eigenvalue weighted by atomic mass is 79.9. The van der Waals surface area contributed by atoms with E-state index in [1.165, 1.54) is 5.56 Å². The fraction of sp³-hybridized carbons (Fsp3) is 0.0714. The third kappa shape index (κ3) is 3.55. The fourth-order valence-corrected chi connectivity index (χ4v) is 2.60. The van der Waals surface area contributed by atoms with Crippen LogP contribution in [0.4, 0.5) is 11.4 Å². The van der Waals surface area contributed by atoms with Crippen molar-refractivity contribution in [2.24, 2.45) is 5.73 Å². The predicted octanol–water partition coefficient (Wildman–Crippen LogP) is 4.90. The van der Waals surface area contributed by atoms with Crippen molar-refractivity contribution in [3.8, 4) is 0 Å². The van der Waals surface area contributed by atoms with Crippen LogP contribution in [0.2, 0.25) is 0 Å². The minimum absolute atomic E-state index is 0.374. The maximum absolute atomic E-state index is 5.75. The Labute approximate surface area is 134 Å². The molecule has 0 aliphatic carbocycles. The number of hydrogen-bond donors (Lipinski definition) is 2. The molecule has 0 saturated heterocycles. The molecule has 2 aromatic carbocycles. The number of hydrogen-bond acceptors (Lipinski definition) is 2. The summed E-state index contributed by atoms with van der Waals surface area (Å²) in [4.78, 5) is 0.374. The topological polar surface area (TPSA) is 38.0 Å². The maximum Gasteiger partial charge on any atom is 0.106 e. The third-order valence-electron chi connectivity index (χ3n) is 2.64. The van der Waals surface area contributed by atoms with E-state index < -0.39 is 0 Å². The van der Waals surface area contributed by atoms with Gasteiger partial charge in [0.15, 0.2) is 0 Å². The Morgan fingerprint density at radius 1 is 1.11 bits per heavy atom.